The molecule has 2 aromatic heterocycles. The molecule has 3 heterocycles. The minimum Gasteiger partial charge on any atom is -0.449 e. The summed E-state index contributed by atoms with van der Waals surface area (Å²) in [6.45, 7) is 4.80. The Morgan fingerprint density at radius 3 is 2.62 bits per heavy atom. The van der Waals surface area contributed by atoms with Gasteiger partial charge in [0, 0.05) is 30.7 Å². The zero-order valence-corrected chi connectivity index (χ0v) is 19.8. The van der Waals surface area contributed by atoms with Crippen molar-refractivity contribution in [2.45, 2.75) is 64.0 Å². The van der Waals surface area contributed by atoms with Crippen LogP contribution in [0.1, 0.15) is 68.5 Å². The predicted molar refractivity (Wildman–Crippen MR) is 130 cm³/mol. The van der Waals surface area contributed by atoms with Crippen LogP contribution >= 0.6 is 0 Å². The summed E-state index contributed by atoms with van der Waals surface area (Å²) >= 11 is 0. The minimum absolute atomic E-state index is 0.203. The predicted octanol–water partition coefficient (Wildman–Crippen LogP) is 5.67. The van der Waals surface area contributed by atoms with Gasteiger partial charge in [0.15, 0.2) is 11.5 Å². The van der Waals surface area contributed by atoms with Gasteiger partial charge in [0.25, 0.3) is 5.91 Å². The van der Waals surface area contributed by atoms with Gasteiger partial charge in [-0.25, -0.2) is 9.37 Å². The van der Waals surface area contributed by atoms with E-state index < -0.39 is 0 Å². The zero-order chi connectivity index (χ0) is 23.5. The highest BCUT2D eigenvalue weighted by molar-refractivity contribution is 5.92. The lowest BCUT2D eigenvalue weighted by atomic mass is 10.0. The molecule has 1 aliphatic carbocycles. The average molecular weight is 465 g/mol. The Morgan fingerprint density at radius 2 is 1.85 bits per heavy atom. The summed E-state index contributed by atoms with van der Waals surface area (Å²) < 4.78 is 21.8. The van der Waals surface area contributed by atoms with Gasteiger partial charge < -0.3 is 14.3 Å². The number of hydrogen-bond acceptors (Lipinski definition) is 4. The normalized spacial score (nSPS) is 19.5. The van der Waals surface area contributed by atoms with Crippen molar-refractivity contribution < 1.29 is 13.6 Å². The molecule has 180 valence electrons. The summed E-state index contributed by atoms with van der Waals surface area (Å²) in [6, 6.07) is 10.9. The van der Waals surface area contributed by atoms with E-state index in [4.69, 9.17) is 4.42 Å². The first kappa shape index (κ1) is 22.8. The maximum Gasteiger partial charge on any atom is 0.287 e. The van der Waals surface area contributed by atoms with Crippen LogP contribution in [0.3, 0.4) is 0 Å². The summed E-state index contributed by atoms with van der Waals surface area (Å²) in [7, 11) is 0. The van der Waals surface area contributed by atoms with Crippen molar-refractivity contribution in [2.75, 3.05) is 19.6 Å². The molecule has 2 aliphatic rings. The Hall–Kier alpha value is -2.93. The van der Waals surface area contributed by atoms with E-state index in [-0.39, 0.29) is 11.7 Å². The van der Waals surface area contributed by atoms with E-state index in [1.165, 1.54) is 44.2 Å². The topological polar surface area (TPSA) is 63.3 Å². The Labute approximate surface area is 200 Å². The molecular formula is C27H33FN4O2. The van der Waals surface area contributed by atoms with Crippen molar-refractivity contribution in [3.63, 3.8) is 0 Å². The minimum atomic E-state index is -0.281. The van der Waals surface area contributed by atoms with Crippen LogP contribution in [-0.2, 0) is 0 Å². The van der Waals surface area contributed by atoms with Crippen molar-refractivity contribution in [2.24, 2.45) is 0 Å². The van der Waals surface area contributed by atoms with E-state index in [1.54, 1.807) is 18.2 Å². The Bertz CT molecular complexity index is 1110. The second kappa shape index (κ2) is 10.1. The molecule has 1 amide bonds. The van der Waals surface area contributed by atoms with Gasteiger partial charge in [0.05, 0.1) is 12.0 Å². The lowest BCUT2D eigenvalue weighted by molar-refractivity contribution is 0.0912. The summed E-state index contributed by atoms with van der Waals surface area (Å²) in [5.41, 5.74) is 2.41. The monoisotopic (exact) mass is 464 g/mol. The van der Waals surface area contributed by atoms with Crippen molar-refractivity contribution in [3.05, 3.63) is 54.3 Å². The Morgan fingerprint density at radius 1 is 1.09 bits per heavy atom. The Balaban J connectivity index is 1.35. The van der Waals surface area contributed by atoms with Crippen LogP contribution in [0.4, 0.5) is 4.39 Å². The van der Waals surface area contributed by atoms with Gasteiger partial charge >= 0.3 is 0 Å². The lowest BCUT2D eigenvalue weighted by Gasteiger charge is -2.33. The number of piperidine rings is 1. The quantitative estimate of drug-likeness (QED) is 0.489. The van der Waals surface area contributed by atoms with E-state index in [2.05, 4.69) is 26.7 Å². The van der Waals surface area contributed by atoms with Crippen molar-refractivity contribution in [1.29, 1.82) is 0 Å². The van der Waals surface area contributed by atoms with Gasteiger partial charge in [-0.2, -0.15) is 0 Å². The number of halogens is 1. The highest BCUT2D eigenvalue weighted by Gasteiger charge is 2.26. The van der Waals surface area contributed by atoms with Crippen molar-refractivity contribution >= 4 is 5.91 Å². The molecule has 0 bridgehead atoms. The molecule has 7 heteroatoms. The number of nitrogens with one attached hydrogen (secondary N) is 1. The molecule has 1 N–H and O–H groups in total. The number of carbonyl (C=O) groups excluding carboxylic acids is 1. The maximum absolute atomic E-state index is 13.5. The first-order valence-electron chi connectivity index (χ1n) is 12.6. The van der Waals surface area contributed by atoms with Gasteiger partial charge in [0.1, 0.15) is 11.5 Å². The number of carbonyl (C=O) groups is 1. The summed E-state index contributed by atoms with van der Waals surface area (Å²) in [4.78, 5) is 19.9. The van der Waals surface area contributed by atoms with Crippen LogP contribution in [0.25, 0.3) is 22.7 Å². The fourth-order valence-electron chi connectivity index (χ4n) is 5.36. The summed E-state index contributed by atoms with van der Waals surface area (Å²) in [5, 5.41) is 3.01. The first-order chi connectivity index (χ1) is 16.6. The number of hydrogen-bond donors (Lipinski definition) is 1. The van der Waals surface area contributed by atoms with E-state index >= 15 is 0 Å². The highest BCUT2D eigenvalue weighted by atomic mass is 19.1. The van der Waals surface area contributed by atoms with E-state index in [9.17, 15) is 9.18 Å². The molecule has 1 saturated carbocycles. The van der Waals surface area contributed by atoms with Gasteiger partial charge in [-0.1, -0.05) is 19.3 Å². The number of amides is 1. The fourth-order valence-corrected chi connectivity index (χ4v) is 5.36. The lowest BCUT2D eigenvalue weighted by Crippen LogP contribution is -2.42. The summed E-state index contributed by atoms with van der Waals surface area (Å²) in [5.74, 6) is 0.423. The largest absolute Gasteiger partial charge is 0.449 e. The third-order valence-electron chi connectivity index (χ3n) is 7.32. The molecule has 34 heavy (non-hydrogen) atoms. The van der Waals surface area contributed by atoms with E-state index in [0.717, 1.165) is 42.9 Å². The maximum atomic E-state index is 13.5. The number of furan rings is 1. The second-order valence-corrected chi connectivity index (χ2v) is 9.59. The Kier molecular flexibility index (Phi) is 6.81. The fraction of sp³-hybridized carbons (Fsp3) is 0.481. The summed E-state index contributed by atoms with van der Waals surface area (Å²) in [6.07, 6.45) is 10.2. The van der Waals surface area contributed by atoms with Crippen molar-refractivity contribution in [3.8, 4) is 22.7 Å². The molecule has 6 nitrogen and oxygen atoms in total. The third-order valence-corrected chi connectivity index (χ3v) is 7.32. The molecule has 1 aromatic carbocycles. The van der Waals surface area contributed by atoms with Crippen LogP contribution in [-0.4, -0.2) is 46.0 Å². The molecule has 0 radical (unpaired) electrons. The molecule has 2 fully saturated rings. The number of aromatic nitrogens is 2. The molecule has 1 aliphatic heterocycles. The second-order valence-electron chi connectivity index (χ2n) is 9.59. The zero-order valence-electron chi connectivity index (χ0n) is 19.8. The van der Waals surface area contributed by atoms with Crippen LogP contribution in [0.2, 0.25) is 0 Å². The van der Waals surface area contributed by atoms with Gasteiger partial charge in [-0.15, -0.1) is 0 Å². The smallest absolute Gasteiger partial charge is 0.287 e. The van der Waals surface area contributed by atoms with Gasteiger partial charge in [0.2, 0.25) is 0 Å². The van der Waals surface area contributed by atoms with E-state index in [0.29, 0.717) is 30.1 Å². The molecule has 1 saturated heterocycles. The average Bonchev–Trinajstić information content (AvgIpc) is 3.60. The first-order valence-corrected chi connectivity index (χ1v) is 12.6. The third kappa shape index (κ3) is 4.80. The molecular weight excluding hydrogens is 431 g/mol. The van der Waals surface area contributed by atoms with Gasteiger partial charge in [-0.3, -0.25) is 9.69 Å². The number of likely N-dealkylation sites (tertiary alicyclic amines) is 1. The SMILES string of the molecule is CC1CCCCN1CCNC(=O)c1ccc(-c2c(-c3ccc(F)cc3)ncn2C2CCCC2)o1. The number of nitrogens with zero attached hydrogens (tertiary/aromatic N) is 3. The number of imidazole rings is 1. The molecule has 0 spiro atoms. The molecule has 5 rings (SSSR count). The van der Waals surface area contributed by atoms with E-state index in [1.807, 2.05) is 12.4 Å². The number of benzene rings is 1. The van der Waals surface area contributed by atoms with Crippen LogP contribution < -0.4 is 5.32 Å². The van der Waals surface area contributed by atoms with Gasteiger partial charge in [-0.05, 0) is 75.5 Å². The van der Waals surface area contributed by atoms with Crippen LogP contribution in [0.15, 0.2) is 47.1 Å². The molecule has 1 unspecified atom stereocenters. The van der Waals surface area contributed by atoms with Crippen molar-refractivity contribution in [1.82, 2.24) is 19.8 Å². The number of rotatable bonds is 7. The van der Waals surface area contributed by atoms with Crippen LogP contribution in [0, 0.1) is 5.82 Å². The molecule has 3 aromatic rings. The molecule has 1 atom stereocenters. The van der Waals surface area contributed by atoms with Crippen LogP contribution in [0.5, 0.6) is 0 Å². The standard InChI is InChI=1S/C27H33FN4O2/c1-19-6-4-5-16-31(19)17-15-29-27(33)24-14-13-23(34-24)26-25(20-9-11-21(28)12-10-20)30-18-32(26)22-7-2-3-8-22/h9-14,18-19,22H,2-8,15-17H2,1H3,(H,29,33). The highest BCUT2D eigenvalue weighted by Crippen LogP contribution is 2.39.